The molecule has 31 heavy (non-hydrogen) atoms. The first-order valence-corrected chi connectivity index (χ1v) is 9.27. The van der Waals surface area contributed by atoms with Gasteiger partial charge in [0.2, 0.25) is 5.75 Å². The van der Waals surface area contributed by atoms with E-state index in [1.54, 1.807) is 12.1 Å². The van der Waals surface area contributed by atoms with Gasteiger partial charge in [0.1, 0.15) is 5.75 Å². The smallest absolute Gasteiger partial charge is 0.323 e. The van der Waals surface area contributed by atoms with Crippen molar-refractivity contribution < 1.29 is 28.7 Å². The van der Waals surface area contributed by atoms with E-state index in [9.17, 15) is 19.7 Å². The number of hydrazone groups is 1. The molecule has 0 aromatic heterocycles. The van der Waals surface area contributed by atoms with Gasteiger partial charge in [0, 0.05) is 11.9 Å². The number of aryl methyl sites for hydroxylation is 2. The zero-order valence-electron chi connectivity index (χ0n) is 17.2. The minimum atomic E-state index is -0.705. The number of esters is 1. The van der Waals surface area contributed by atoms with Crippen LogP contribution in [0.15, 0.2) is 29.4 Å². The maximum atomic E-state index is 12.0. The third-order valence-corrected chi connectivity index (χ3v) is 4.54. The molecule has 2 rings (SSSR count). The fourth-order valence-corrected chi connectivity index (χ4v) is 2.75. The summed E-state index contributed by atoms with van der Waals surface area (Å²) in [6.07, 6.45) is 1.08. The minimum absolute atomic E-state index is 0.0305. The number of amides is 1. The molecule has 0 unspecified atom stereocenters. The first-order valence-electron chi connectivity index (χ1n) is 8.89. The Labute approximate surface area is 182 Å². The van der Waals surface area contributed by atoms with E-state index in [1.165, 1.54) is 19.2 Å². The van der Waals surface area contributed by atoms with Crippen LogP contribution in [0, 0.1) is 24.0 Å². The SMILES string of the molecule is COc1c(OC(C)=O)ccc(/C=N/NC(=O)COc2cc(C)c(Cl)c(C)c2)c1[N+](=O)[O-]. The summed E-state index contributed by atoms with van der Waals surface area (Å²) in [5.74, 6) is -1.11. The Morgan fingerprint density at radius 2 is 1.90 bits per heavy atom. The Hall–Kier alpha value is -3.66. The quantitative estimate of drug-likeness (QED) is 0.215. The monoisotopic (exact) mass is 449 g/mol. The van der Waals surface area contributed by atoms with Crippen LogP contribution in [0.1, 0.15) is 23.6 Å². The molecule has 0 aliphatic rings. The van der Waals surface area contributed by atoms with Crippen LogP contribution in [0.4, 0.5) is 5.69 Å². The molecule has 1 amide bonds. The molecule has 0 aliphatic carbocycles. The number of carbonyl (C=O) groups is 2. The summed E-state index contributed by atoms with van der Waals surface area (Å²) in [5, 5.41) is 15.8. The zero-order valence-corrected chi connectivity index (χ0v) is 18.0. The first-order chi connectivity index (χ1) is 14.6. The Bertz CT molecular complexity index is 1030. The zero-order chi connectivity index (χ0) is 23.1. The molecule has 0 heterocycles. The van der Waals surface area contributed by atoms with E-state index in [0.717, 1.165) is 24.3 Å². The van der Waals surface area contributed by atoms with Crippen molar-refractivity contribution in [1.29, 1.82) is 0 Å². The molecule has 10 nitrogen and oxygen atoms in total. The second-order valence-corrected chi connectivity index (χ2v) is 6.72. The number of ether oxygens (including phenoxy) is 3. The summed E-state index contributed by atoms with van der Waals surface area (Å²) in [6.45, 7) is 4.47. The number of nitrogens with one attached hydrogen (secondary N) is 1. The highest BCUT2D eigenvalue weighted by Gasteiger charge is 2.25. The molecule has 11 heteroatoms. The Kier molecular flexibility index (Phi) is 7.92. The number of nitro groups is 1. The van der Waals surface area contributed by atoms with Gasteiger partial charge in [-0.1, -0.05) is 11.6 Å². The van der Waals surface area contributed by atoms with E-state index in [1.807, 2.05) is 13.8 Å². The van der Waals surface area contributed by atoms with Crippen LogP contribution in [0.2, 0.25) is 5.02 Å². The van der Waals surface area contributed by atoms with Crippen molar-refractivity contribution in [1.82, 2.24) is 5.43 Å². The highest BCUT2D eigenvalue weighted by atomic mass is 35.5. The van der Waals surface area contributed by atoms with Crippen molar-refractivity contribution in [3.63, 3.8) is 0 Å². The van der Waals surface area contributed by atoms with Gasteiger partial charge >= 0.3 is 11.7 Å². The Morgan fingerprint density at radius 3 is 2.45 bits per heavy atom. The number of halogens is 1. The summed E-state index contributed by atoms with van der Waals surface area (Å²) in [5.41, 5.74) is 3.41. The molecular weight excluding hydrogens is 430 g/mol. The molecule has 0 fully saturated rings. The maximum Gasteiger partial charge on any atom is 0.323 e. The molecule has 0 saturated carbocycles. The Balaban J connectivity index is 2.10. The molecule has 0 bridgehead atoms. The second-order valence-electron chi connectivity index (χ2n) is 6.34. The summed E-state index contributed by atoms with van der Waals surface area (Å²) in [7, 11) is 1.20. The van der Waals surface area contributed by atoms with Crippen LogP contribution in [-0.4, -0.2) is 36.7 Å². The summed E-state index contributed by atoms with van der Waals surface area (Å²) >= 11 is 6.09. The van der Waals surface area contributed by atoms with E-state index in [-0.39, 0.29) is 23.7 Å². The molecule has 0 radical (unpaired) electrons. The minimum Gasteiger partial charge on any atom is -0.488 e. The standard InChI is InChI=1S/C20H20ClN3O7/c1-11-7-15(8-12(2)18(11)21)30-10-17(26)23-22-9-14-5-6-16(31-13(3)25)20(29-4)19(14)24(27)28/h5-9H,10H2,1-4H3,(H,23,26)/b22-9+. The van der Waals surface area contributed by atoms with Gasteiger partial charge in [0.25, 0.3) is 5.91 Å². The first kappa shape index (κ1) is 23.6. The number of nitrogens with zero attached hydrogens (tertiary/aromatic N) is 2. The topological polar surface area (TPSA) is 129 Å². The van der Waals surface area contributed by atoms with Gasteiger partial charge in [-0.2, -0.15) is 5.10 Å². The maximum absolute atomic E-state index is 12.0. The summed E-state index contributed by atoms with van der Waals surface area (Å²) in [6, 6.07) is 6.04. The molecule has 1 N–H and O–H groups in total. The van der Waals surface area contributed by atoms with Gasteiger partial charge in [-0.15, -0.1) is 0 Å². The average molecular weight is 450 g/mol. The molecule has 0 atom stereocenters. The molecule has 2 aromatic carbocycles. The molecule has 2 aromatic rings. The van der Waals surface area contributed by atoms with Crippen molar-refractivity contribution in [3.05, 3.63) is 56.1 Å². The lowest BCUT2D eigenvalue weighted by Crippen LogP contribution is -2.24. The number of methoxy groups -OCH3 is 1. The van der Waals surface area contributed by atoms with Crippen molar-refractivity contribution in [3.8, 4) is 17.2 Å². The lowest BCUT2D eigenvalue weighted by Gasteiger charge is -2.10. The summed E-state index contributed by atoms with van der Waals surface area (Å²) in [4.78, 5) is 33.9. The van der Waals surface area contributed by atoms with Crippen molar-refractivity contribution in [2.75, 3.05) is 13.7 Å². The second kappa shape index (κ2) is 10.4. The van der Waals surface area contributed by atoms with E-state index in [0.29, 0.717) is 10.8 Å². The van der Waals surface area contributed by atoms with Gasteiger partial charge in [-0.3, -0.25) is 19.7 Å². The predicted molar refractivity (Wildman–Crippen MR) is 113 cm³/mol. The number of hydrogen-bond acceptors (Lipinski definition) is 8. The number of benzene rings is 2. The van der Waals surface area contributed by atoms with Crippen molar-refractivity contribution >= 4 is 35.4 Å². The highest BCUT2D eigenvalue weighted by Crippen LogP contribution is 2.39. The molecule has 0 saturated heterocycles. The third kappa shape index (κ3) is 6.16. The van der Waals surface area contributed by atoms with Crippen LogP contribution >= 0.6 is 11.6 Å². The van der Waals surface area contributed by atoms with E-state index in [4.69, 9.17) is 25.8 Å². The molecular formula is C20H20ClN3O7. The number of hydrogen-bond donors (Lipinski definition) is 1. The van der Waals surface area contributed by atoms with E-state index >= 15 is 0 Å². The van der Waals surface area contributed by atoms with Crippen molar-refractivity contribution in [2.45, 2.75) is 20.8 Å². The lowest BCUT2D eigenvalue weighted by molar-refractivity contribution is -0.385. The van der Waals surface area contributed by atoms with Crippen LogP contribution in [0.5, 0.6) is 17.2 Å². The predicted octanol–water partition coefficient (Wildman–Crippen LogP) is 3.33. The van der Waals surface area contributed by atoms with Gasteiger partial charge in [-0.05, 0) is 49.2 Å². The number of carbonyl (C=O) groups excluding carboxylic acids is 2. The normalized spacial score (nSPS) is 10.6. The molecule has 0 spiro atoms. The fourth-order valence-electron chi connectivity index (χ4n) is 2.64. The van der Waals surface area contributed by atoms with Crippen LogP contribution in [0.3, 0.4) is 0 Å². The highest BCUT2D eigenvalue weighted by molar-refractivity contribution is 6.32. The molecule has 164 valence electrons. The van der Waals surface area contributed by atoms with Gasteiger partial charge in [0.05, 0.1) is 23.8 Å². The van der Waals surface area contributed by atoms with Gasteiger partial charge in [-0.25, -0.2) is 5.43 Å². The van der Waals surface area contributed by atoms with Crippen LogP contribution in [-0.2, 0) is 9.59 Å². The molecule has 0 aliphatic heterocycles. The fraction of sp³-hybridized carbons (Fsp3) is 0.250. The van der Waals surface area contributed by atoms with Crippen molar-refractivity contribution in [2.24, 2.45) is 5.10 Å². The van der Waals surface area contributed by atoms with Gasteiger partial charge < -0.3 is 14.2 Å². The Morgan fingerprint density at radius 1 is 1.26 bits per heavy atom. The third-order valence-electron chi connectivity index (χ3n) is 3.94. The lowest BCUT2D eigenvalue weighted by atomic mass is 10.1. The summed E-state index contributed by atoms with van der Waals surface area (Å²) < 4.78 is 15.4. The van der Waals surface area contributed by atoms with Gasteiger partial charge in [0.15, 0.2) is 12.4 Å². The van der Waals surface area contributed by atoms with E-state index in [2.05, 4.69) is 10.5 Å². The largest absolute Gasteiger partial charge is 0.488 e. The van der Waals surface area contributed by atoms with Crippen LogP contribution in [0.25, 0.3) is 0 Å². The number of rotatable bonds is 8. The van der Waals surface area contributed by atoms with Crippen LogP contribution < -0.4 is 19.6 Å². The average Bonchev–Trinajstić information content (AvgIpc) is 2.70. The number of nitro benzene ring substituents is 1. The van der Waals surface area contributed by atoms with E-state index < -0.39 is 22.5 Å².